The number of nitrogen functional groups attached to an aromatic ring is 1. The number of pyridine rings is 1. The first-order valence-electron chi connectivity index (χ1n) is 3.48. The molecule has 0 spiro atoms. The van der Waals surface area contributed by atoms with Crippen molar-refractivity contribution in [3.63, 3.8) is 0 Å². The molecule has 0 aliphatic carbocycles. The lowest BCUT2D eigenvalue weighted by Gasteiger charge is -1.93. The van der Waals surface area contributed by atoms with Crippen molar-refractivity contribution in [3.8, 4) is 11.5 Å². The standard InChI is InChI=1S/C7H5ClN4S/c8-5-3-1-2-4(10-5)6-11-7(9)13-12-6/h1-3H,(H2,9,11,12). The molecule has 0 unspecified atom stereocenters. The molecule has 0 amide bonds. The number of aromatic nitrogens is 3. The number of rotatable bonds is 1. The largest absolute Gasteiger partial charge is 0.374 e. The van der Waals surface area contributed by atoms with Gasteiger partial charge in [-0.05, 0) is 12.1 Å². The van der Waals surface area contributed by atoms with Crippen molar-refractivity contribution >= 4 is 28.3 Å². The number of hydrogen-bond acceptors (Lipinski definition) is 5. The molecule has 2 aromatic rings. The Hall–Kier alpha value is -1.20. The van der Waals surface area contributed by atoms with Gasteiger partial charge in [0.2, 0.25) is 0 Å². The van der Waals surface area contributed by atoms with Crippen LogP contribution in [-0.4, -0.2) is 14.3 Å². The van der Waals surface area contributed by atoms with Gasteiger partial charge in [0.1, 0.15) is 10.8 Å². The molecule has 0 saturated carbocycles. The summed E-state index contributed by atoms with van der Waals surface area (Å²) in [5, 5.41) is 0.850. The van der Waals surface area contributed by atoms with Gasteiger partial charge < -0.3 is 5.73 Å². The van der Waals surface area contributed by atoms with Crippen molar-refractivity contribution in [3.05, 3.63) is 23.4 Å². The van der Waals surface area contributed by atoms with Gasteiger partial charge in [0.25, 0.3) is 0 Å². The SMILES string of the molecule is Nc1nc(-c2cccc(Cl)n2)ns1. The summed E-state index contributed by atoms with van der Waals surface area (Å²) in [5.74, 6) is 0.519. The number of anilines is 1. The molecule has 2 rings (SSSR count). The Balaban J connectivity index is 2.46. The first kappa shape index (κ1) is 8.40. The van der Waals surface area contributed by atoms with Crippen LogP contribution in [0.1, 0.15) is 0 Å². The molecule has 0 bridgehead atoms. The molecular formula is C7H5ClN4S. The van der Waals surface area contributed by atoms with Crippen LogP contribution in [0, 0.1) is 0 Å². The van der Waals surface area contributed by atoms with E-state index in [9.17, 15) is 0 Å². The molecule has 13 heavy (non-hydrogen) atoms. The third kappa shape index (κ3) is 1.76. The Morgan fingerprint density at radius 1 is 1.31 bits per heavy atom. The van der Waals surface area contributed by atoms with Crippen LogP contribution in [0.5, 0.6) is 0 Å². The second-order valence-electron chi connectivity index (χ2n) is 2.30. The number of nitrogens with two attached hydrogens (primary N) is 1. The van der Waals surface area contributed by atoms with Gasteiger partial charge in [-0.1, -0.05) is 17.7 Å². The van der Waals surface area contributed by atoms with E-state index >= 15 is 0 Å². The molecule has 2 aromatic heterocycles. The highest BCUT2D eigenvalue weighted by Crippen LogP contribution is 2.18. The maximum Gasteiger partial charge on any atom is 0.200 e. The summed E-state index contributed by atoms with van der Waals surface area (Å²) >= 11 is 6.85. The molecule has 2 heterocycles. The molecule has 4 nitrogen and oxygen atoms in total. The highest BCUT2D eigenvalue weighted by atomic mass is 35.5. The van der Waals surface area contributed by atoms with Crippen molar-refractivity contribution in [2.45, 2.75) is 0 Å². The summed E-state index contributed by atoms with van der Waals surface area (Å²) in [6.07, 6.45) is 0. The number of halogens is 1. The molecule has 0 aromatic carbocycles. The van der Waals surface area contributed by atoms with Crippen LogP contribution >= 0.6 is 23.1 Å². The molecule has 0 atom stereocenters. The molecule has 0 aliphatic heterocycles. The van der Waals surface area contributed by atoms with Gasteiger partial charge in [0.05, 0.1) is 0 Å². The lowest BCUT2D eigenvalue weighted by atomic mass is 10.3. The summed E-state index contributed by atoms with van der Waals surface area (Å²) in [6.45, 7) is 0. The zero-order valence-corrected chi connectivity index (χ0v) is 8.01. The molecule has 0 saturated heterocycles. The summed E-state index contributed by atoms with van der Waals surface area (Å²) in [4.78, 5) is 8.03. The fourth-order valence-corrected chi connectivity index (χ4v) is 1.48. The zero-order chi connectivity index (χ0) is 9.26. The van der Waals surface area contributed by atoms with Crippen LogP contribution in [0.2, 0.25) is 5.15 Å². The maximum atomic E-state index is 5.71. The van der Waals surface area contributed by atoms with E-state index in [0.29, 0.717) is 21.8 Å². The van der Waals surface area contributed by atoms with E-state index in [0.717, 1.165) is 11.5 Å². The second kappa shape index (κ2) is 3.27. The van der Waals surface area contributed by atoms with Gasteiger partial charge >= 0.3 is 0 Å². The lowest BCUT2D eigenvalue weighted by molar-refractivity contribution is 1.24. The van der Waals surface area contributed by atoms with Crippen molar-refractivity contribution in [1.29, 1.82) is 0 Å². The minimum atomic E-state index is 0.422. The minimum Gasteiger partial charge on any atom is -0.374 e. The monoisotopic (exact) mass is 212 g/mol. The average Bonchev–Trinajstić information content (AvgIpc) is 2.52. The van der Waals surface area contributed by atoms with Gasteiger partial charge in [-0.3, -0.25) is 0 Å². The van der Waals surface area contributed by atoms with E-state index in [1.54, 1.807) is 18.2 Å². The smallest absolute Gasteiger partial charge is 0.200 e. The summed E-state index contributed by atoms with van der Waals surface area (Å²) in [7, 11) is 0. The van der Waals surface area contributed by atoms with E-state index in [1.165, 1.54) is 0 Å². The molecule has 0 fully saturated rings. The van der Waals surface area contributed by atoms with Crippen molar-refractivity contribution < 1.29 is 0 Å². The zero-order valence-electron chi connectivity index (χ0n) is 6.44. The maximum absolute atomic E-state index is 5.71. The van der Waals surface area contributed by atoms with Gasteiger partial charge in [-0.25, -0.2) is 4.98 Å². The van der Waals surface area contributed by atoms with Crippen LogP contribution in [0.4, 0.5) is 5.13 Å². The Bertz CT molecular complexity index is 428. The molecule has 6 heteroatoms. The molecule has 0 radical (unpaired) electrons. The van der Waals surface area contributed by atoms with E-state index < -0.39 is 0 Å². The Morgan fingerprint density at radius 2 is 2.15 bits per heavy atom. The van der Waals surface area contributed by atoms with E-state index in [1.807, 2.05) is 0 Å². The lowest BCUT2D eigenvalue weighted by Crippen LogP contribution is -1.86. The molecular weight excluding hydrogens is 208 g/mol. The second-order valence-corrected chi connectivity index (χ2v) is 3.47. The van der Waals surface area contributed by atoms with E-state index in [4.69, 9.17) is 17.3 Å². The fourth-order valence-electron chi connectivity index (χ4n) is 0.872. The first-order chi connectivity index (χ1) is 6.25. The Kier molecular flexibility index (Phi) is 2.12. The predicted molar refractivity (Wildman–Crippen MR) is 52.6 cm³/mol. The van der Waals surface area contributed by atoms with Gasteiger partial charge in [-0.2, -0.15) is 9.36 Å². The fraction of sp³-hybridized carbons (Fsp3) is 0. The average molecular weight is 213 g/mol. The molecule has 66 valence electrons. The highest BCUT2D eigenvalue weighted by molar-refractivity contribution is 7.09. The minimum absolute atomic E-state index is 0.422. The summed E-state index contributed by atoms with van der Waals surface area (Å²) in [6, 6.07) is 5.27. The van der Waals surface area contributed by atoms with Crippen molar-refractivity contribution in [2.24, 2.45) is 0 Å². The van der Waals surface area contributed by atoms with Crippen molar-refractivity contribution in [2.75, 3.05) is 5.73 Å². The molecule has 0 aliphatic rings. The van der Waals surface area contributed by atoms with Crippen LogP contribution in [-0.2, 0) is 0 Å². The topological polar surface area (TPSA) is 64.7 Å². The Morgan fingerprint density at radius 3 is 2.77 bits per heavy atom. The summed E-state index contributed by atoms with van der Waals surface area (Å²) in [5.41, 5.74) is 6.08. The predicted octanol–water partition coefficient (Wildman–Crippen LogP) is 1.84. The van der Waals surface area contributed by atoms with Gasteiger partial charge in [0.15, 0.2) is 11.0 Å². The van der Waals surface area contributed by atoms with E-state index in [2.05, 4.69) is 14.3 Å². The van der Waals surface area contributed by atoms with E-state index in [-0.39, 0.29) is 0 Å². The van der Waals surface area contributed by atoms with Gasteiger partial charge in [-0.15, -0.1) is 0 Å². The molecule has 2 N–H and O–H groups in total. The van der Waals surface area contributed by atoms with Crippen LogP contribution < -0.4 is 5.73 Å². The summed E-state index contributed by atoms with van der Waals surface area (Å²) < 4.78 is 4.01. The number of hydrogen-bond donors (Lipinski definition) is 1. The van der Waals surface area contributed by atoms with Gasteiger partial charge in [0, 0.05) is 11.5 Å². The third-order valence-corrected chi connectivity index (χ3v) is 2.14. The highest BCUT2D eigenvalue weighted by Gasteiger charge is 2.05. The van der Waals surface area contributed by atoms with Crippen molar-refractivity contribution in [1.82, 2.24) is 14.3 Å². The third-order valence-electron chi connectivity index (χ3n) is 1.39. The van der Waals surface area contributed by atoms with Crippen LogP contribution in [0.25, 0.3) is 11.5 Å². The first-order valence-corrected chi connectivity index (χ1v) is 4.63. The van der Waals surface area contributed by atoms with Crippen LogP contribution in [0.15, 0.2) is 18.2 Å². The Labute approximate surface area is 83.6 Å². The van der Waals surface area contributed by atoms with Crippen LogP contribution in [0.3, 0.4) is 0 Å². The normalized spacial score (nSPS) is 10.2. The quantitative estimate of drug-likeness (QED) is 0.733. The number of nitrogens with zero attached hydrogens (tertiary/aromatic N) is 3.